The average Bonchev–Trinajstić information content (AvgIpc) is 3.23. The fraction of sp³-hybridized carbons (Fsp3) is 0.409. The van der Waals surface area contributed by atoms with Crippen molar-refractivity contribution in [1.29, 1.82) is 0 Å². The molecule has 3 aromatic heterocycles. The third-order valence-corrected chi connectivity index (χ3v) is 5.07. The zero-order valence-electron chi connectivity index (χ0n) is 16.9. The minimum Gasteiger partial charge on any atom is -0.424 e. The molecule has 0 atom stereocenters. The lowest BCUT2D eigenvalue weighted by Crippen LogP contribution is -2.06. The topological polar surface area (TPSA) is 61.4 Å². The number of imidazole rings is 1. The number of aryl methyl sites for hydroxylation is 2. The van der Waals surface area contributed by atoms with E-state index in [0.29, 0.717) is 18.1 Å². The van der Waals surface area contributed by atoms with Gasteiger partial charge in [0.2, 0.25) is 0 Å². The molecule has 0 fully saturated rings. The van der Waals surface area contributed by atoms with Crippen LogP contribution < -0.4 is 4.74 Å². The molecule has 0 aliphatic rings. The van der Waals surface area contributed by atoms with E-state index < -0.39 is 0 Å². The molecule has 0 saturated heterocycles. The molecule has 0 unspecified atom stereocenters. The molecule has 0 aliphatic carbocycles. The summed E-state index contributed by atoms with van der Waals surface area (Å²) < 4.78 is 9.88. The molecule has 0 radical (unpaired) electrons. The highest BCUT2D eigenvalue weighted by atomic mass is 16.5. The number of esters is 1. The Labute approximate surface area is 164 Å². The number of carbonyl (C=O) groups is 1. The average molecular weight is 378 g/mol. The quantitative estimate of drug-likeness (QED) is 0.454. The highest BCUT2D eigenvalue weighted by Crippen LogP contribution is 2.34. The van der Waals surface area contributed by atoms with Crippen molar-refractivity contribution in [3.05, 3.63) is 36.3 Å². The van der Waals surface area contributed by atoms with Gasteiger partial charge >= 0.3 is 5.97 Å². The second kappa shape index (κ2) is 7.26. The Balaban J connectivity index is 2.05. The van der Waals surface area contributed by atoms with E-state index in [1.165, 1.54) is 0 Å². The molecule has 0 amide bonds. The summed E-state index contributed by atoms with van der Waals surface area (Å²) in [6, 6.07) is 8.04. The maximum Gasteiger partial charge on any atom is 0.310 e. The number of nitrogens with zero attached hydrogens (tertiary/aromatic N) is 4. The smallest absolute Gasteiger partial charge is 0.310 e. The Hall–Kier alpha value is -2.89. The van der Waals surface area contributed by atoms with Gasteiger partial charge in [-0.05, 0) is 24.5 Å². The largest absolute Gasteiger partial charge is 0.424 e. The lowest BCUT2D eigenvalue weighted by molar-refractivity contribution is -0.133. The van der Waals surface area contributed by atoms with Gasteiger partial charge in [0.25, 0.3) is 0 Å². The molecule has 28 heavy (non-hydrogen) atoms. The fourth-order valence-corrected chi connectivity index (χ4v) is 3.56. The monoisotopic (exact) mass is 378 g/mol. The summed E-state index contributed by atoms with van der Waals surface area (Å²) in [5, 5.41) is 0.805. The van der Waals surface area contributed by atoms with E-state index in [-0.39, 0.29) is 5.97 Å². The van der Waals surface area contributed by atoms with Gasteiger partial charge in [-0.25, -0.2) is 9.97 Å². The van der Waals surface area contributed by atoms with E-state index >= 15 is 0 Å². The van der Waals surface area contributed by atoms with E-state index in [4.69, 9.17) is 14.7 Å². The summed E-state index contributed by atoms with van der Waals surface area (Å²) in [6.45, 7) is 9.13. The van der Waals surface area contributed by atoms with Crippen LogP contribution in [0.1, 0.15) is 46.4 Å². The van der Waals surface area contributed by atoms with Gasteiger partial charge in [0, 0.05) is 25.6 Å². The summed E-state index contributed by atoms with van der Waals surface area (Å²) in [4.78, 5) is 21.9. The van der Waals surface area contributed by atoms with Crippen molar-refractivity contribution < 1.29 is 9.53 Å². The Morgan fingerprint density at radius 1 is 1.14 bits per heavy atom. The summed E-state index contributed by atoms with van der Waals surface area (Å²) in [7, 11) is 0. The summed E-state index contributed by atoms with van der Waals surface area (Å²) in [5.74, 6) is 1.81. The van der Waals surface area contributed by atoms with E-state index in [0.717, 1.165) is 52.9 Å². The first-order valence-electron chi connectivity index (χ1n) is 10.0. The van der Waals surface area contributed by atoms with Crippen LogP contribution in [0, 0.1) is 5.92 Å². The van der Waals surface area contributed by atoms with Crippen LogP contribution in [0.5, 0.6) is 5.75 Å². The number of rotatable bonds is 6. The van der Waals surface area contributed by atoms with Crippen LogP contribution in [0.4, 0.5) is 0 Å². The van der Waals surface area contributed by atoms with Gasteiger partial charge < -0.3 is 9.30 Å². The van der Waals surface area contributed by atoms with Gasteiger partial charge in [-0.2, -0.15) is 0 Å². The second-order valence-electron chi connectivity index (χ2n) is 7.54. The highest BCUT2D eigenvalue weighted by molar-refractivity contribution is 6.00. The fourth-order valence-electron chi connectivity index (χ4n) is 3.56. The predicted molar refractivity (Wildman–Crippen MR) is 111 cm³/mol. The minimum absolute atomic E-state index is 0.253. The third kappa shape index (κ3) is 3.03. The van der Waals surface area contributed by atoms with Crippen molar-refractivity contribution in [3.8, 4) is 5.75 Å². The zero-order chi connectivity index (χ0) is 19.8. The van der Waals surface area contributed by atoms with Crippen LogP contribution in [0.2, 0.25) is 0 Å². The van der Waals surface area contributed by atoms with Crippen molar-refractivity contribution in [2.45, 2.75) is 53.5 Å². The molecule has 0 spiro atoms. The molecule has 1 aromatic carbocycles. The minimum atomic E-state index is -0.253. The van der Waals surface area contributed by atoms with Crippen molar-refractivity contribution >= 4 is 33.7 Å². The number of aromatic nitrogens is 4. The Morgan fingerprint density at radius 2 is 1.93 bits per heavy atom. The molecule has 146 valence electrons. The molecular formula is C22H26N4O2. The highest BCUT2D eigenvalue weighted by Gasteiger charge is 2.21. The molecule has 0 N–H and O–H groups in total. The van der Waals surface area contributed by atoms with Crippen molar-refractivity contribution in [3.63, 3.8) is 0 Å². The van der Waals surface area contributed by atoms with Gasteiger partial charge in [-0.15, -0.1) is 0 Å². The van der Waals surface area contributed by atoms with Gasteiger partial charge in [-0.1, -0.05) is 39.8 Å². The predicted octanol–water partition coefficient (Wildman–Crippen LogP) is 4.76. The van der Waals surface area contributed by atoms with Crippen LogP contribution in [0.15, 0.2) is 30.5 Å². The molecule has 4 aromatic rings. The summed E-state index contributed by atoms with van der Waals surface area (Å²) in [5.41, 5.74) is 3.56. The standard InChI is InChI=1S/C22H26N4O2/c1-5-18-24-21-20(22-23-15-9-7-8-10-16(15)26(18)22)17(28-19(27)6-2)13-25(21)12-11-14(3)4/h7-10,13-14H,5-6,11-12H2,1-4H3. The molecule has 0 saturated carbocycles. The van der Waals surface area contributed by atoms with Crippen LogP contribution in [-0.2, 0) is 17.8 Å². The molecular weight excluding hydrogens is 352 g/mol. The van der Waals surface area contributed by atoms with Crippen LogP contribution in [0.25, 0.3) is 27.7 Å². The number of para-hydroxylation sites is 2. The number of hydrogen-bond donors (Lipinski definition) is 0. The maximum absolute atomic E-state index is 12.1. The van der Waals surface area contributed by atoms with E-state index in [1.807, 2.05) is 24.4 Å². The van der Waals surface area contributed by atoms with Crippen molar-refractivity contribution in [2.75, 3.05) is 0 Å². The number of carbonyl (C=O) groups excluding carboxylic acids is 1. The maximum atomic E-state index is 12.1. The van der Waals surface area contributed by atoms with E-state index in [9.17, 15) is 4.79 Å². The number of ether oxygens (including phenoxy) is 1. The third-order valence-electron chi connectivity index (χ3n) is 5.07. The lowest BCUT2D eigenvalue weighted by Gasteiger charge is -2.09. The van der Waals surface area contributed by atoms with Gasteiger partial charge in [-0.3, -0.25) is 9.20 Å². The number of hydrogen-bond acceptors (Lipinski definition) is 4. The molecule has 0 bridgehead atoms. The summed E-state index contributed by atoms with van der Waals surface area (Å²) >= 11 is 0. The van der Waals surface area contributed by atoms with Crippen LogP contribution >= 0.6 is 0 Å². The Bertz CT molecular complexity index is 1170. The first kappa shape index (κ1) is 18.5. The van der Waals surface area contributed by atoms with E-state index in [1.54, 1.807) is 6.92 Å². The SMILES string of the molecule is CCC(=O)Oc1cn(CCC(C)C)c2nc(CC)n3c4ccccc4nc3c12. The van der Waals surface area contributed by atoms with Gasteiger partial charge in [0.15, 0.2) is 11.4 Å². The number of fused-ring (bicyclic) bond motifs is 5. The van der Waals surface area contributed by atoms with Gasteiger partial charge in [0.05, 0.1) is 11.0 Å². The molecule has 6 nitrogen and oxygen atoms in total. The first-order valence-corrected chi connectivity index (χ1v) is 10.0. The summed E-state index contributed by atoms with van der Waals surface area (Å²) in [6.07, 6.45) is 4.04. The number of benzene rings is 1. The van der Waals surface area contributed by atoms with Crippen molar-refractivity contribution in [2.24, 2.45) is 5.92 Å². The van der Waals surface area contributed by atoms with Gasteiger partial charge in [0.1, 0.15) is 16.9 Å². The second-order valence-corrected chi connectivity index (χ2v) is 7.54. The normalized spacial score (nSPS) is 11.9. The van der Waals surface area contributed by atoms with Crippen LogP contribution in [0.3, 0.4) is 0 Å². The molecule has 0 aliphatic heterocycles. The molecule has 6 heteroatoms. The zero-order valence-corrected chi connectivity index (χ0v) is 16.9. The first-order chi connectivity index (χ1) is 13.5. The Kier molecular flexibility index (Phi) is 4.79. The van der Waals surface area contributed by atoms with Crippen LogP contribution in [-0.4, -0.2) is 24.9 Å². The van der Waals surface area contributed by atoms with Crippen molar-refractivity contribution in [1.82, 2.24) is 18.9 Å². The Morgan fingerprint density at radius 3 is 2.64 bits per heavy atom. The van der Waals surface area contributed by atoms with E-state index in [2.05, 4.69) is 35.8 Å². The molecule has 3 heterocycles. The molecule has 4 rings (SSSR count). The lowest BCUT2D eigenvalue weighted by atomic mass is 10.1.